The number of rotatable bonds is 6. The van der Waals surface area contributed by atoms with Crippen molar-refractivity contribution in [2.75, 3.05) is 17.1 Å². The molecule has 0 radical (unpaired) electrons. The summed E-state index contributed by atoms with van der Waals surface area (Å²) in [6, 6.07) is 6.48. The number of benzene rings is 1. The SMILES string of the molecule is CCCS(=O)(=O)Nc1ccc(C(=O)C2CCCO2)cc1. The quantitative estimate of drug-likeness (QED) is 0.817. The first-order chi connectivity index (χ1) is 9.52. The van der Waals surface area contributed by atoms with Gasteiger partial charge in [0.2, 0.25) is 10.0 Å². The molecule has 2 rings (SSSR count). The van der Waals surface area contributed by atoms with Crippen molar-refractivity contribution in [1.29, 1.82) is 0 Å². The molecule has 1 saturated heterocycles. The number of ketones is 1. The first-order valence-electron chi connectivity index (χ1n) is 6.78. The lowest BCUT2D eigenvalue weighted by Gasteiger charge is -2.10. The van der Waals surface area contributed by atoms with Crippen molar-refractivity contribution in [3.8, 4) is 0 Å². The van der Waals surface area contributed by atoms with Gasteiger partial charge in [-0.2, -0.15) is 0 Å². The molecule has 1 unspecified atom stereocenters. The molecular formula is C14H19NO4S. The summed E-state index contributed by atoms with van der Waals surface area (Å²) in [5.74, 6) is 0.0503. The van der Waals surface area contributed by atoms with Crippen LogP contribution in [0.1, 0.15) is 36.5 Å². The Morgan fingerprint density at radius 2 is 2.05 bits per heavy atom. The van der Waals surface area contributed by atoms with Gasteiger partial charge < -0.3 is 4.74 Å². The summed E-state index contributed by atoms with van der Waals surface area (Å²) in [5.41, 5.74) is 1.03. The van der Waals surface area contributed by atoms with E-state index >= 15 is 0 Å². The van der Waals surface area contributed by atoms with Gasteiger partial charge >= 0.3 is 0 Å². The first-order valence-corrected chi connectivity index (χ1v) is 8.43. The maximum atomic E-state index is 12.1. The van der Waals surface area contributed by atoms with Gasteiger partial charge in [-0.25, -0.2) is 8.42 Å². The van der Waals surface area contributed by atoms with E-state index in [9.17, 15) is 13.2 Å². The Labute approximate surface area is 119 Å². The molecule has 0 bridgehead atoms. The van der Waals surface area contributed by atoms with Gasteiger partial charge in [-0.15, -0.1) is 0 Å². The minimum atomic E-state index is -3.29. The molecule has 0 amide bonds. The lowest BCUT2D eigenvalue weighted by molar-refractivity contribution is 0.0643. The van der Waals surface area contributed by atoms with Crippen molar-refractivity contribution in [2.24, 2.45) is 0 Å². The fourth-order valence-corrected chi connectivity index (χ4v) is 3.31. The van der Waals surface area contributed by atoms with E-state index < -0.39 is 10.0 Å². The summed E-state index contributed by atoms with van der Waals surface area (Å²) in [5, 5.41) is 0. The van der Waals surface area contributed by atoms with Gasteiger partial charge in [-0.1, -0.05) is 6.92 Å². The van der Waals surface area contributed by atoms with E-state index in [1.807, 2.05) is 6.92 Å². The van der Waals surface area contributed by atoms with E-state index in [2.05, 4.69) is 4.72 Å². The van der Waals surface area contributed by atoms with Crippen LogP contribution >= 0.6 is 0 Å². The minimum absolute atomic E-state index is 0.0366. The maximum Gasteiger partial charge on any atom is 0.232 e. The zero-order valence-corrected chi connectivity index (χ0v) is 12.3. The molecule has 20 heavy (non-hydrogen) atoms. The highest BCUT2D eigenvalue weighted by molar-refractivity contribution is 7.92. The predicted molar refractivity (Wildman–Crippen MR) is 77.4 cm³/mol. The molecule has 1 aliphatic rings. The highest BCUT2D eigenvalue weighted by Gasteiger charge is 2.24. The molecule has 1 aromatic carbocycles. The number of sulfonamides is 1. The second-order valence-corrected chi connectivity index (χ2v) is 6.71. The number of carbonyl (C=O) groups excluding carboxylic acids is 1. The largest absolute Gasteiger partial charge is 0.370 e. The Morgan fingerprint density at radius 3 is 2.60 bits per heavy atom. The molecule has 1 aromatic rings. The molecule has 0 aliphatic carbocycles. The summed E-state index contributed by atoms with van der Waals surface area (Å²) < 4.78 is 31.1. The van der Waals surface area contributed by atoms with Crippen LogP contribution in [0, 0.1) is 0 Å². The Morgan fingerprint density at radius 1 is 1.35 bits per heavy atom. The summed E-state index contributed by atoms with van der Waals surface area (Å²) >= 11 is 0. The van der Waals surface area contributed by atoms with Crippen LogP contribution < -0.4 is 4.72 Å². The Balaban J connectivity index is 2.04. The Kier molecular flexibility index (Phi) is 4.77. The molecule has 0 spiro atoms. The zero-order chi connectivity index (χ0) is 14.6. The minimum Gasteiger partial charge on any atom is -0.370 e. The number of carbonyl (C=O) groups is 1. The fraction of sp³-hybridized carbons (Fsp3) is 0.500. The summed E-state index contributed by atoms with van der Waals surface area (Å²) in [6.07, 6.45) is 1.87. The lowest BCUT2D eigenvalue weighted by atomic mass is 10.0. The highest BCUT2D eigenvalue weighted by Crippen LogP contribution is 2.19. The van der Waals surface area contributed by atoms with E-state index in [-0.39, 0.29) is 17.6 Å². The van der Waals surface area contributed by atoms with E-state index in [0.717, 1.165) is 12.8 Å². The number of nitrogens with one attached hydrogen (secondary N) is 1. The number of hydrogen-bond donors (Lipinski definition) is 1. The topological polar surface area (TPSA) is 72.5 Å². The molecule has 1 atom stereocenters. The van der Waals surface area contributed by atoms with E-state index in [1.165, 1.54) is 0 Å². The second-order valence-electron chi connectivity index (χ2n) is 4.86. The molecule has 1 heterocycles. The van der Waals surface area contributed by atoms with Crippen molar-refractivity contribution in [3.05, 3.63) is 29.8 Å². The third-order valence-corrected chi connectivity index (χ3v) is 4.63. The van der Waals surface area contributed by atoms with Gasteiger partial charge in [-0.05, 0) is 43.5 Å². The molecule has 1 fully saturated rings. The Bertz CT molecular complexity index is 559. The zero-order valence-electron chi connectivity index (χ0n) is 11.5. The van der Waals surface area contributed by atoms with Crippen LogP contribution in [0.25, 0.3) is 0 Å². The normalized spacial score (nSPS) is 18.9. The smallest absolute Gasteiger partial charge is 0.232 e. The van der Waals surface area contributed by atoms with Gasteiger partial charge in [0.15, 0.2) is 5.78 Å². The third kappa shape index (κ3) is 3.80. The summed E-state index contributed by atoms with van der Waals surface area (Å²) in [7, 11) is -3.29. The standard InChI is InChI=1S/C14H19NO4S/c1-2-10-20(17,18)15-12-7-5-11(6-8-12)14(16)13-4-3-9-19-13/h5-8,13,15H,2-4,9-10H2,1H3. The predicted octanol–water partition coefficient (Wildman–Crippen LogP) is 2.20. The number of ether oxygens (including phenoxy) is 1. The maximum absolute atomic E-state index is 12.1. The van der Waals surface area contributed by atoms with Gasteiger partial charge in [0, 0.05) is 17.9 Å². The molecular weight excluding hydrogens is 278 g/mol. The number of anilines is 1. The summed E-state index contributed by atoms with van der Waals surface area (Å²) in [6.45, 7) is 2.44. The van der Waals surface area contributed by atoms with Crippen LogP contribution in [0.4, 0.5) is 5.69 Å². The molecule has 1 aliphatic heterocycles. The number of Topliss-reactive ketones (excluding diaryl/α,β-unsaturated/α-hetero) is 1. The highest BCUT2D eigenvalue weighted by atomic mass is 32.2. The monoisotopic (exact) mass is 297 g/mol. The molecule has 110 valence electrons. The average molecular weight is 297 g/mol. The fourth-order valence-electron chi connectivity index (χ4n) is 2.17. The van der Waals surface area contributed by atoms with Crippen LogP contribution in [-0.2, 0) is 14.8 Å². The van der Waals surface area contributed by atoms with E-state index in [1.54, 1.807) is 24.3 Å². The molecule has 0 aromatic heterocycles. The van der Waals surface area contributed by atoms with Crippen molar-refractivity contribution >= 4 is 21.5 Å². The van der Waals surface area contributed by atoms with Crippen LogP contribution in [0.2, 0.25) is 0 Å². The third-order valence-electron chi connectivity index (χ3n) is 3.14. The van der Waals surface area contributed by atoms with Crippen LogP contribution in [0.15, 0.2) is 24.3 Å². The van der Waals surface area contributed by atoms with Gasteiger partial charge in [0.1, 0.15) is 6.10 Å². The molecule has 5 nitrogen and oxygen atoms in total. The van der Waals surface area contributed by atoms with Crippen molar-refractivity contribution in [2.45, 2.75) is 32.3 Å². The van der Waals surface area contributed by atoms with Crippen molar-refractivity contribution in [3.63, 3.8) is 0 Å². The second kappa shape index (κ2) is 6.37. The van der Waals surface area contributed by atoms with Crippen LogP contribution in [0.3, 0.4) is 0 Å². The van der Waals surface area contributed by atoms with Crippen molar-refractivity contribution in [1.82, 2.24) is 0 Å². The number of hydrogen-bond acceptors (Lipinski definition) is 4. The Hall–Kier alpha value is -1.40. The summed E-state index contributed by atoms with van der Waals surface area (Å²) in [4.78, 5) is 12.1. The average Bonchev–Trinajstić information content (AvgIpc) is 2.92. The van der Waals surface area contributed by atoms with Crippen molar-refractivity contribution < 1.29 is 17.9 Å². The van der Waals surface area contributed by atoms with Gasteiger partial charge in [-0.3, -0.25) is 9.52 Å². The van der Waals surface area contributed by atoms with Gasteiger partial charge in [0.25, 0.3) is 0 Å². The molecule has 6 heteroatoms. The first kappa shape index (κ1) is 15.0. The molecule has 0 saturated carbocycles. The van der Waals surface area contributed by atoms with Crippen LogP contribution in [0.5, 0.6) is 0 Å². The lowest BCUT2D eigenvalue weighted by Crippen LogP contribution is -2.19. The van der Waals surface area contributed by atoms with Crippen LogP contribution in [-0.4, -0.2) is 32.7 Å². The van der Waals surface area contributed by atoms with Gasteiger partial charge in [0.05, 0.1) is 5.75 Å². The van der Waals surface area contributed by atoms with E-state index in [0.29, 0.717) is 24.3 Å². The van der Waals surface area contributed by atoms with E-state index in [4.69, 9.17) is 4.74 Å². The molecule has 1 N–H and O–H groups in total.